The van der Waals surface area contributed by atoms with Crippen molar-refractivity contribution in [2.45, 2.75) is 279 Å². The van der Waals surface area contributed by atoms with Gasteiger partial charge in [0.15, 0.2) is 0 Å². The van der Waals surface area contributed by atoms with Crippen LogP contribution in [0.3, 0.4) is 0 Å². The van der Waals surface area contributed by atoms with Gasteiger partial charge in [-0.05, 0) is 117 Å². The van der Waals surface area contributed by atoms with E-state index in [4.69, 9.17) is 9.98 Å². The Morgan fingerprint density at radius 3 is 0.984 bits per heavy atom. The van der Waals surface area contributed by atoms with E-state index in [1.54, 1.807) is 0 Å². The standard InChI is InChI=1S/C59H100N2.Pd/c1-6-11-16-17-18-19-20-21-22-23-24-25-26-27-28-29-30-31-32-33-34-35-40-45-57(61-59-50-55(43-38-14-9-4)47-56(51-59)44-39-15-10-5)52-60-58-48-53(41-36-12-7-2)46-54(49-58)42-37-13-8-3;/h40,45-52H,6-39,41-44H2,1-5H3;/b45-40+,60-52?,61-57?;. The van der Waals surface area contributed by atoms with Crippen LogP contribution < -0.4 is 0 Å². The summed E-state index contributed by atoms with van der Waals surface area (Å²) < 4.78 is 0. The number of hydrogen-bond donors (Lipinski definition) is 0. The monoisotopic (exact) mass is 943 g/mol. The number of rotatable bonds is 42. The third-order valence-electron chi connectivity index (χ3n) is 12.7. The number of unbranched alkanes of at least 4 members (excludes halogenated alkanes) is 29. The van der Waals surface area contributed by atoms with Crippen LogP contribution in [0.1, 0.15) is 275 Å². The molecule has 0 spiro atoms. The molecule has 62 heavy (non-hydrogen) atoms. The third-order valence-corrected chi connectivity index (χ3v) is 12.7. The third kappa shape index (κ3) is 32.8. The summed E-state index contributed by atoms with van der Waals surface area (Å²) in [5.41, 5.74) is 8.91. The molecule has 2 aromatic carbocycles. The molecule has 0 atom stereocenters. The maximum Gasteiger partial charge on any atom is 0.0816 e. The minimum absolute atomic E-state index is 0. The second kappa shape index (κ2) is 43.1. The molecule has 0 aliphatic rings. The van der Waals surface area contributed by atoms with Crippen molar-refractivity contribution >= 4 is 23.3 Å². The molecule has 0 saturated carbocycles. The van der Waals surface area contributed by atoms with Gasteiger partial charge in [-0.1, -0.05) is 233 Å². The van der Waals surface area contributed by atoms with E-state index in [-0.39, 0.29) is 20.4 Å². The zero-order valence-corrected chi connectivity index (χ0v) is 43.3. The van der Waals surface area contributed by atoms with Gasteiger partial charge in [-0.15, -0.1) is 0 Å². The van der Waals surface area contributed by atoms with Crippen molar-refractivity contribution < 1.29 is 20.4 Å². The molecule has 2 nitrogen and oxygen atoms in total. The number of allylic oxidation sites excluding steroid dienone is 2. The first kappa shape index (κ1) is 58.2. The molecule has 0 bridgehead atoms. The summed E-state index contributed by atoms with van der Waals surface area (Å²) in [4.78, 5) is 10.5. The van der Waals surface area contributed by atoms with Gasteiger partial charge in [0.25, 0.3) is 0 Å². The quantitative estimate of drug-likeness (QED) is 0.0360. The van der Waals surface area contributed by atoms with Crippen molar-refractivity contribution in [2.75, 3.05) is 0 Å². The van der Waals surface area contributed by atoms with Gasteiger partial charge >= 0.3 is 0 Å². The van der Waals surface area contributed by atoms with Gasteiger partial charge in [0.1, 0.15) is 0 Å². The topological polar surface area (TPSA) is 24.7 Å². The summed E-state index contributed by atoms with van der Waals surface area (Å²) >= 11 is 0. The number of aliphatic imine (C=N–C) groups is 2. The number of aryl methyl sites for hydroxylation is 4. The number of hydrogen-bond acceptors (Lipinski definition) is 2. The Morgan fingerprint density at radius 2 is 0.645 bits per heavy atom. The summed E-state index contributed by atoms with van der Waals surface area (Å²) in [7, 11) is 0. The molecule has 0 aliphatic heterocycles. The molecule has 0 N–H and O–H groups in total. The van der Waals surface area contributed by atoms with E-state index in [1.165, 1.54) is 234 Å². The Kier molecular flexibility index (Phi) is 40.5. The van der Waals surface area contributed by atoms with Crippen LogP contribution in [0, 0.1) is 0 Å². The van der Waals surface area contributed by atoms with Crippen LogP contribution >= 0.6 is 0 Å². The van der Waals surface area contributed by atoms with Gasteiger partial charge in [0.2, 0.25) is 0 Å². The van der Waals surface area contributed by atoms with Crippen molar-refractivity contribution in [3.8, 4) is 0 Å². The van der Waals surface area contributed by atoms with E-state index >= 15 is 0 Å². The summed E-state index contributed by atoms with van der Waals surface area (Å²) in [5, 5.41) is 0. The molecule has 2 aromatic rings. The normalized spacial score (nSPS) is 12.0. The molecule has 0 amide bonds. The van der Waals surface area contributed by atoms with E-state index in [2.05, 4.69) is 89.4 Å². The fourth-order valence-corrected chi connectivity index (χ4v) is 8.82. The van der Waals surface area contributed by atoms with E-state index in [0.29, 0.717) is 0 Å². The maximum atomic E-state index is 5.32. The van der Waals surface area contributed by atoms with Crippen molar-refractivity contribution in [3.05, 3.63) is 70.8 Å². The molecule has 2 rings (SSSR count). The Morgan fingerprint density at radius 1 is 0.355 bits per heavy atom. The first-order valence-corrected chi connectivity index (χ1v) is 27.2. The van der Waals surface area contributed by atoms with Gasteiger partial charge < -0.3 is 0 Å². The van der Waals surface area contributed by atoms with Gasteiger partial charge in [0.05, 0.1) is 23.3 Å². The number of benzene rings is 2. The zero-order chi connectivity index (χ0) is 43.7. The molecule has 3 heteroatoms. The second-order valence-electron chi connectivity index (χ2n) is 18.9. The van der Waals surface area contributed by atoms with Crippen LogP contribution in [0.5, 0.6) is 0 Å². The maximum absolute atomic E-state index is 5.32. The summed E-state index contributed by atoms with van der Waals surface area (Å²) in [6, 6.07) is 14.3. The smallest absolute Gasteiger partial charge is 0.0816 e. The predicted molar refractivity (Wildman–Crippen MR) is 277 cm³/mol. The molecular formula is C59H100N2Pd. The van der Waals surface area contributed by atoms with Crippen LogP contribution in [0.25, 0.3) is 0 Å². The fourth-order valence-electron chi connectivity index (χ4n) is 8.82. The Balaban J connectivity index is 0.0000192. The SMILES string of the molecule is CCCCCCCCCCCCCCCCCCCCCCC/C=C/C(C=Nc1cc(CCCCC)cc(CCCCC)c1)=Nc1cc(CCCCC)cc(CCCCC)c1.[Pd]. The minimum Gasteiger partial charge on any atom is -0.255 e. The van der Waals surface area contributed by atoms with Crippen molar-refractivity contribution in [1.82, 2.24) is 0 Å². The van der Waals surface area contributed by atoms with Crippen LogP contribution in [0.15, 0.2) is 58.5 Å². The predicted octanol–water partition coefficient (Wildman–Crippen LogP) is 20.2. The molecule has 0 radical (unpaired) electrons. The average molecular weight is 944 g/mol. The molecule has 0 aliphatic carbocycles. The summed E-state index contributed by atoms with van der Waals surface area (Å²) in [6.07, 6.45) is 57.5. The van der Waals surface area contributed by atoms with Gasteiger partial charge in [0, 0.05) is 20.4 Å². The first-order valence-electron chi connectivity index (χ1n) is 27.2. The number of nitrogens with zero attached hydrogens (tertiary/aromatic N) is 2. The molecule has 356 valence electrons. The summed E-state index contributed by atoms with van der Waals surface area (Å²) in [5.74, 6) is 0. The average Bonchev–Trinajstić information content (AvgIpc) is 3.26. The van der Waals surface area contributed by atoms with E-state index in [1.807, 2.05) is 0 Å². The zero-order valence-electron chi connectivity index (χ0n) is 41.8. The van der Waals surface area contributed by atoms with E-state index in [9.17, 15) is 0 Å². The second-order valence-corrected chi connectivity index (χ2v) is 18.9. The van der Waals surface area contributed by atoms with Crippen LogP contribution in [-0.2, 0) is 46.1 Å². The van der Waals surface area contributed by atoms with E-state index in [0.717, 1.165) is 49.2 Å². The molecule has 0 unspecified atom stereocenters. The van der Waals surface area contributed by atoms with Gasteiger partial charge in [-0.2, -0.15) is 0 Å². The van der Waals surface area contributed by atoms with Crippen LogP contribution in [-0.4, -0.2) is 11.9 Å². The first-order chi connectivity index (χ1) is 30.1. The fraction of sp³-hybridized carbons (Fsp3) is 0.729. The largest absolute Gasteiger partial charge is 0.255 e. The van der Waals surface area contributed by atoms with Crippen molar-refractivity contribution in [2.24, 2.45) is 9.98 Å². The Bertz CT molecular complexity index is 1330. The molecule has 0 fully saturated rings. The minimum atomic E-state index is 0. The van der Waals surface area contributed by atoms with E-state index < -0.39 is 0 Å². The Hall–Kier alpha value is -1.82. The van der Waals surface area contributed by atoms with Crippen molar-refractivity contribution in [3.63, 3.8) is 0 Å². The summed E-state index contributed by atoms with van der Waals surface area (Å²) in [6.45, 7) is 11.5. The Labute approximate surface area is 401 Å². The van der Waals surface area contributed by atoms with Crippen LogP contribution in [0.4, 0.5) is 11.4 Å². The van der Waals surface area contributed by atoms with Gasteiger partial charge in [-0.3, -0.25) is 4.99 Å². The molecular weight excluding hydrogens is 843 g/mol. The van der Waals surface area contributed by atoms with Crippen molar-refractivity contribution in [1.29, 1.82) is 0 Å². The molecule has 0 saturated heterocycles. The van der Waals surface area contributed by atoms with Crippen LogP contribution in [0.2, 0.25) is 0 Å². The molecule has 0 heterocycles. The molecule has 0 aromatic heterocycles. The van der Waals surface area contributed by atoms with Gasteiger partial charge in [-0.25, -0.2) is 4.99 Å².